The predicted octanol–water partition coefficient (Wildman–Crippen LogP) is 3.16. The molecule has 0 aromatic heterocycles. The Kier molecular flexibility index (Phi) is 6.72. The van der Waals surface area contributed by atoms with Crippen LogP contribution < -0.4 is 5.32 Å². The summed E-state index contributed by atoms with van der Waals surface area (Å²) in [4.78, 5) is 2.61. The molecule has 1 aliphatic rings. The molecule has 0 amide bonds. The van der Waals surface area contributed by atoms with Crippen LogP contribution in [-0.4, -0.2) is 31.1 Å². The van der Waals surface area contributed by atoms with Crippen LogP contribution >= 0.6 is 0 Å². The molecule has 0 atom stereocenters. The third kappa shape index (κ3) is 5.87. The maximum absolute atomic E-state index is 8.75. The van der Waals surface area contributed by atoms with Crippen LogP contribution in [0.15, 0.2) is 24.3 Å². The SMILES string of the molecule is CC1CCN(CCCCNCc2ccc(C#N)cc2)CC1. The van der Waals surface area contributed by atoms with Gasteiger partial charge in [0.15, 0.2) is 0 Å². The summed E-state index contributed by atoms with van der Waals surface area (Å²) in [7, 11) is 0. The van der Waals surface area contributed by atoms with E-state index in [1.165, 1.54) is 50.9 Å². The van der Waals surface area contributed by atoms with Crippen molar-refractivity contribution in [2.75, 3.05) is 26.2 Å². The minimum absolute atomic E-state index is 0.731. The Bertz CT molecular complexity index is 439. The van der Waals surface area contributed by atoms with E-state index in [1.807, 2.05) is 24.3 Å². The number of benzene rings is 1. The first-order valence-electron chi connectivity index (χ1n) is 8.20. The number of nitriles is 1. The molecule has 114 valence electrons. The molecule has 1 N–H and O–H groups in total. The molecule has 0 aliphatic carbocycles. The fraction of sp³-hybridized carbons (Fsp3) is 0.611. The van der Waals surface area contributed by atoms with Gasteiger partial charge in [-0.25, -0.2) is 0 Å². The average molecular weight is 285 g/mol. The number of unbranched alkanes of at least 4 members (excludes halogenated alkanes) is 1. The van der Waals surface area contributed by atoms with Crippen LogP contribution in [0.5, 0.6) is 0 Å². The van der Waals surface area contributed by atoms with Gasteiger partial charge in [0.25, 0.3) is 0 Å². The zero-order valence-electron chi connectivity index (χ0n) is 13.1. The molecule has 21 heavy (non-hydrogen) atoms. The van der Waals surface area contributed by atoms with E-state index in [4.69, 9.17) is 5.26 Å². The highest BCUT2D eigenvalue weighted by atomic mass is 15.1. The number of hydrogen-bond acceptors (Lipinski definition) is 3. The summed E-state index contributed by atoms with van der Waals surface area (Å²) in [6, 6.07) is 9.97. The van der Waals surface area contributed by atoms with E-state index < -0.39 is 0 Å². The quantitative estimate of drug-likeness (QED) is 0.782. The molecule has 3 heteroatoms. The van der Waals surface area contributed by atoms with Gasteiger partial charge in [-0.3, -0.25) is 0 Å². The Labute approximate surface area is 129 Å². The third-order valence-corrected chi connectivity index (χ3v) is 4.37. The first-order valence-corrected chi connectivity index (χ1v) is 8.20. The van der Waals surface area contributed by atoms with E-state index in [0.717, 1.165) is 24.6 Å². The standard InChI is InChI=1S/C18H27N3/c1-16-8-12-21(13-9-16)11-3-2-10-20-15-18-6-4-17(14-19)5-7-18/h4-7,16,20H,2-3,8-13,15H2,1H3. The van der Waals surface area contributed by atoms with Gasteiger partial charge in [-0.1, -0.05) is 19.1 Å². The molecule has 1 heterocycles. The maximum atomic E-state index is 8.75. The van der Waals surface area contributed by atoms with Crippen molar-refractivity contribution in [1.29, 1.82) is 5.26 Å². The number of piperidine rings is 1. The molecule has 1 aromatic rings. The van der Waals surface area contributed by atoms with E-state index in [-0.39, 0.29) is 0 Å². The number of rotatable bonds is 7. The summed E-state index contributed by atoms with van der Waals surface area (Å²) in [5.74, 6) is 0.926. The van der Waals surface area contributed by atoms with Crippen LogP contribution in [0.25, 0.3) is 0 Å². The normalized spacial score (nSPS) is 16.8. The lowest BCUT2D eigenvalue weighted by molar-refractivity contribution is 0.189. The van der Waals surface area contributed by atoms with Crippen molar-refractivity contribution in [1.82, 2.24) is 10.2 Å². The summed E-state index contributed by atoms with van der Waals surface area (Å²) in [6.07, 6.45) is 5.27. The Balaban J connectivity index is 1.51. The molecule has 1 aliphatic heterocycles. The smallest absolute Gasteiger partial charge is 0.0991 e. The van der Waals surface area contributed by atoms with Gasteiger partial charge >= 0.3 is 0 Å². The van der Waals surface area contributed by atoms with Crippen LogP contribution in [0.3, 0.4) is 0 Å². The number of nitrogens with one attached hydrogen (secondary N) is 1. The lowest BCUT2D eigenvalue weighted by Crippen LogP contribution is -2.33. The number of likely N-dealkylation sites (tertiary alicyclic amines) is 1. The van der Waals surface area contributed by atoms with E-state index in [1.54, 1.807) is 0 Å². The largest absolute Gasteiger partial charge is 0.313 e. The Hall–Kier alpha value is -1.37. The second-order valence-electron chi connectivity index (χ2n) is 6.22. The molecule has 0 bridgehead atoms. The van der Waals surface area contributed by atoms with Crippen molar-refractivity contribution in [3.8, 4) is 6.07 Å². The van der Waals surface area contributed by atoms with Gasteiger partial charge in [0.05, 0.1) is 11.6 Å². The van der Waals surface area contributed by atoms with Crippen LogP contribution in [0, 0.1) is 17.2 Å². The molecular weight excluding hydrogens is 258 g/mol. The minimum Gasteiger partial charge on any atom is -0.313 e. The van der Waals surface area contributed by atoms with Crippen molar-refractivity contribution in [2.45, 2.75) is 39.2 Å². The first kappa shape index (κ1) is 16.0. The van der Waals surface area contributed by atoms with Crippen molar-refractivity contribution < 1.29 is 0 Å². The molecule has 1 saturated heterocycles. The van der Waals surface area contributed by atoms with E-state index in [0.29, 0.717) is 0 Å². The van der Waals surface area contributed by atoms with Gasteiger partial charge < -0.3 is 10.2 Å². The van der Waals surface area contributed by atoms with Gasteiger partial charge in [0, 0.05) is 6.54 Å². The number of hydrogen-bond donors (Lipinski definition) is 1. The highest BCUT2D eigenvalue weighted by Crippen LogP contribution is 2.16. The van der Waals surface area contributed by atoms with Crippen LogP contribution in [0.4, 0.5) is 0 Å². The van der Waals surface area contributed by atoms with Crippen LogP contribution in [0.1, 0.15) is 43.7 Å². The van der Waals surface area contributed by atoms with Crippen molar-refractivity contribution >= 4 is 0 Å². The molecule has 0 spiro atoms. The summed E-state index contributed by atoms with van der Waals surface area (Å²) in [6.45, 7) is 8.17. The fourth-order valence-corrected chi connectivity index (χ4v) is 2.80. The molecular formula is C18H27N3. The van der Waals surface area contributed by atoms with E-state index >= 15 is 0 Å². The molecule has 0 unspecified atom stereocenters. The topological polar surface area (TPSA) is 39.1 Å². The summed E-state index contributed by atoms with van der Waals surface area (Å²) >= 11 is 0. The van der Waals surface area contributed by atoms with E-state index in [9.17, 15) is 0 Å². The van der Waals surface area contributed by atoms with Crippen molar-refractivity contribution in [3.05, 3.63) is 35.4 Å². The zero-order chi connectivity index (χ0) is 14.9. The predicted molar refractivity (Wildman–Crippen MR) is 86.9 cm³/mol. The molecule has 1 fully saturated rings. The van der Waals surface area contributed by atoms with Gasteiger partial charge in [0.2, 0.25) is 0 Å². The highest BCUT2D eigenvalue weighted by molar-refractivity contribution is 5.31. The lowest BCUT2D eigenvalue weighted by atomic mass is 9.99. The van der Waals surface area contributed by atoms with Gasteiger partial charge in [-0.05, 0) is 75.5 Å². The molecule has 1 aromatic carbocycles. The number of nitrogens with zero attached hydrogens (tertiary/aromatic N) is 2. The first-order chi connectivity index (χ1) is 10.3. The van der Waals surface area contributed by atoms with Crippen LogP contribution in [0.2, 0.25) is 0 Å². The fourth-order valence-electron chi connectivity index (χ4n) is 2.80. The Morgan fingerprint density at radius 1 is 1.19 bits per heavy atom. The summed E-state index contributed by atoms with van der Waals surface area (Å²) in [5.41, 5.74) is 1.98. The second-order valence-corrected chi connectivity index (χ2v) is 6.22. The maximum Gasteiger partial charge on any atom is 0.0991 e. The zero-order valence-corrected chi connectivity index (χ0v) is 13.1. The third-order valence-electron chi connectivity index (χ3n) is 4.37. The van der Waals surface area contributed by atoms with Gasteiger partial charge in [0.1, 0.15) is 0 Å². The van der Waals surface area contributed by atoms with Gasteiger partial charge in [-0.2, -0.15) is 5.26 Å². The molecule has 2 rings (SSSR count). The molecule has 0 radical (unpaired) electrons. The Morgan fingerprint density at radius 2 is 1.90 bits per heavy atom. The minimum atomic E-state index is 0.731. The lowest BCUT2D eigenvalue weighted by Gasteiger charge is -2.30. The average Bonchev–Trinajstić information content (AvgIpc) is 2.53. The second kappa shape index (κ2) is 8.81. The van der Waals surface area contributed by atoms with Crippen molar-refractivity contribution in [3.63, 3.8) is 0 Å². The van der Waals surface area contributed by atoms with E-state index in [2.05, 4.69) is 23.2 Å². The molecule has 3 nitrogen and oxygen atoms in total. The highest BCUT2D eigenvalue weighted by Gasteiger charge is 2.14. The summed E-state index contributed by atoms with van der Waals surface area (Å²) < 4.78 is 0. The summed E-state index contributed by atoms with van der Waals surface area (Å²) in [5, 5.41) is 12.2. The monoisotopic (exact) mass is 285 g/mol. The van der Waals surface area contributed by atoms with Crippen LogP contribution in [-0.2, 0) is 6.54 Å². The Morgan fingerprint density at radius 3 is 2.57 bits per heavy atom. The van der Waals surface area contributed by atoms with Crippen molar-refractivity contribution in [2.24, 2.45) is 5.92 Å². The van der Waals surface area contributed by atoms with Gasteiger partial charge in [-0.15, -0.1) is 0 Å². The molecule has 0 saturated carbocycles.